The van der Waals surface area contributed by atoms with Gasteiger partial charge < -0.3 is 15.6 Å². The highest BCUT2D eigenvalue weighted by Gasteiger charge is 2.28. The summed E-state index contributed by atoms with van der Waals surface area (Å²) in [5, 5.41) is 9.28. The molecule has 0 fully saturated rings. The van der Waals surface area contributed by atoms with Gasteiger partial charge in [0.15, 0.2) is 0 Å². The third-order valence-corrected chi connectivity index (χ3v) is 5.77. The van der Waals surface area contributed by atoms with E-state index < -0.39 is 22.0 Å². The van der Waals surface area contributed by atoms with Gasteiger partial charge in [-0.2, -0.15) is 4.72 Å². The first-order valence-electron chi connectivity index (χ1n) is 7.75. The van der Waals surface area contributed by atoms with Gasteiger partial charge in [-0.25, -0.2) is 8.42 Å². The Bertz CT molecular complexity index is 701. The number of unbranched alkanes of at least 4 members (excludes halogenated alkanes) is 1. The molecular formula is C16H26N2O5S. The minimum atomic E-state index is -3.97. The molecule has 1 aromatic carbocycles. The number of carboxylic acid groups (broad SMARTS) is 1. The van der Waals surface area contributed by atoms with Gasteiger partial charge in [0.05, 0.1) is 12.0 Å². The van der Waals surface area contributed by atoms with E-state index in [0.717, 1.165) is 0 Å². The highest BCUT2D eigenvalue weighted by atomic mass is 32.2. The van der Waals surface area contributed by atoms with Crippen molar-refractivity contribution in [2.75, 3.05) is 13.7 Å². The largest absolute Gasteiger partial charge is 0.496 e. The van der Waals surface area contributed by atoms with E-state index in [-0.39, 0.29) is 11.3 Å². The zero-order valence-electron chi connectivity index (χ0n) is 14.5. The van der Waals surface area contributed by atoms with Crippen LogP contribution in [-0.4, -0.2) is 39.2 Å². The lowest BCUT2D eigenvalue weighted by atomic mass is 10.1. The summed E-state index contributed by atoms with van der Waals surface area (Å²) in [6, 6.07) is 0.462. The van der Waals surface area contributed by atoms with E-state index in [2.05, 4.69) is 4.72 Å². The summed E-state index contributed by atoms with van der Waals surface area (Å²) >= 11 is 0. The molecule has 0 aliphatic rings. The summed E-state index contributed by atoms with van der Waals surface area (Å²) in [7, 11) is -2.45. The van der Waals surface area contributed by atoms with Crippen LogP contribution in [0.5, 0.6) is 5.75 Å². The molecule has 0 spiro atoms. The van der Waals surface area contributed by atoms with Crippen molar-refractivity contribution in [2.45, 2.75) is 51.0 Å². The Kier molecular flexibility index (Phi) is 7.19. The number of hydrogen-bond acceptors (Lipinski definition) is 5. The van der Waals surface area contributed by atoms with Gasteiger partial charge in [0.1, 0.15) is 11.8 Å². The van der Waals surface area contributed by atoms with E-state index in [1.807, 2.05) is 0 Å². The van der Waals surface area contributed by atoms with E-state index >= 15 is 0 Å². The lowest BCUT2D eigenvalue weighted by Gasteiger charge is -2.19. The van der Waals surface area contributed by atoms with Gasteiger partial charge in [0.2, 0.25) is 10.0 Å². The average molecular weight is 358 g/mol. The molecule has 1 atom stereocenters. The molecular weight excluding hydrogens is 332 g/mol. The van der Waals surface area contributed by atoms with Crippen LogP contribution in [0.3, 0.4) is 0 Å². The second-order valence-corrected chi connectivity index (χ2v) is 7.42. The highest BCUT2D eigenvalue weighted by Crippen LogP contribution is 2.30. The zero-order valence-corrected chi connectivity index (χ0v) is 15.4. The Balaban J connectivity index is 3.20. The number of sulfonamides is 1. The van der Waals surface area contributed by atoms with E-state index in [0.29, 0.717) is 41.8 Å². The van der Waals surface area contributed by atoms with Gasteiger partial charge in [-0.1, -0.05) is 6.42 Å². The van der Waals surface area contributed by atoms with Crippen LogP contribution in [0.1, 0.15) is 36.0 Å². The van der Waals surface area contributed by atoms with Crippen LogP contribution in [0.15, 0.2) is 11.0 Å². The molecule has 136 valence electrons. The molecule has 0 amide bonds. The molecule has 0 unspecified atom stereocenters. The number of aliphatic carboxylic acids is 1. The van der Waals surface area contributed by atoms with Crippen LogP contribution in [0, 0.1) is 20.8 Å². The van der Waals surface area contributed by atoms with Gasteiger partial charge in [0, 0.05) is 0 Å². The van der Waals surface area contributed by atoms with Crippen LogP contribution in [0.2, 0.25) is 0 Å². The number of nitrogens with one attached hydrogen (secondary N) is 1. The molecule has 1 aromatic rings. The van der Waals surface area contributed by atoms with Crippen molar-refractivity contribution in [3.63, 3.8) is 0 Å². The molecule has 0 saturated carbocycles. The Morgan fingerprint density at radius 3 is 2.42 bits per heavy atom. The van der Waals surface area contributed by atoms with E-state index in [1.165, 1.54) is 7.11 Å². The molecule has 8 heteroatoms. The predicted octanol–water partition coefficient (Wildman–Crippen LogP) is 1.48. The first-order chi connectivity index (χ1) is 11.2. The summed E-state index contributed by atoms with van der Waals surface area (Å²) in [6.07, 6.45) is 1.37. The first-order valence-corrected chi connectivity index (χ1v) is 9.24. The molecule has 0 bridgehead atoms. The third kappa shape index (κ3) is 4.68. The van der Waals surface area contributed by atoms with E-state index in [9.17, 15) is 18.3 Å². The molecule has 1 rings (SSSR count). The van der Waals surface area contributed by atoms with E-state index in [4.69, 9.17) is 10.5 Å². The number of aryl methyl sites for hydroxylation is 1. The number of ether oxygens (including phenoxy) is 1. The second-order valence-electron chi connectivity index (χ2n) is 5.77. The third-order valence-electron chi connectivity index (χ3n) is 4.01. The summed E-state index contributed by atoms with van der Waals surface area (Å²) in [6.45, 7) is 5.55. The molecule has 0 saturated heterocycles. The Hall–Kier alpha value is -1.64. The molecule has 0 heterocycles. The maximum atomic E-state index is 12.7. The maximum Gasteiger partial charge on any atom is 0.321 e. The van der Waals surface area contributed by atoms with E-state index in [1.54, 1.807) is 26.8 Å². The smallest absolute Gasteiger partial charge is 0.321 e. The number of hydrogen-bond donors (Lipinski definition) is 3. The zero-order chi connectivity index (χ0) is 18.5. The summed E-state index contributed by atoms with van der Waals surface area (Å²) in [5.74, 6) is -0.599. The van der Waals surface area contributed by atoms with Gasteiger partial charge in [-0.05, 0) is 62.9 Å². The SMILES string of the molecule is COc1cc(C)c(S(=O)(=O)N[C@@H](CCCCN)C(=O)O)c(C)c1C. The summed E-state index contributed by atoms with van der Waals surface area (Å²) in [4.78, 5) is 11.5. The van der Waals surface area contributed by atoms with Crippen molar-refractivity contribution in [1.82, 2.24) is 4.72 Å². The molecule has 7 nitrogen and oxygen atoms in total. The Morgan fingerprint density at radius 2 is 1.92 bits per heavy atom. The number of carbonyl (C=O) groups is 1. The number of methoxy groups -OCH3 is 1. The van der Waals surface area contributed by atoms with Crippen molar-refractivity contribution in [2.24, 2.45) is 5.73 Å². The molecule has 0 aliphatic carbocycles. The van der Waals surface area contributed by atoms with Gasteiger partial charge in [-0.3, -0.25) is 4.79 Å². The quantitative estimate of drug-likeness (QED) is 0.575. The van der Waals surface area contributed by atoms with Gasteiger partial charge in [-0.15, -0.1) is 0 Å². The van der Waals surface area contributed by atoms with Crippen LogP contribution in [0.25, 0.3) is 0 Å². The normalized spacial score (nSPS) is 12.9. The topological polar surface area (TPSA) is 119 Å². The van der Waals surface area contributed by atoms with Crippen molar-refractivity contribution in [3.05, 3.63) is 22.8 Å². The number of nitrogens with two attached hydrogens (primary N) is 1. The summed E-state index contributed by atoms with van der Waals surface area (Å²) < 4.78 is 33.0. The van der Waals surface area contributed by atoms with Crippen molar-refractivity contribution in [1.29, 1.82) is 0 Å². The lowest BCUT2D eigenvalue weighted by Crippen LogP contribution is -2.41. The van der Waals surface area contributed by atoms with Gasteiger partial charge in [0.25, 0.3) is 0 Å². The minimum Gasteiger partial charge on any atom is -0.496 e. The Labute approximate surface area is 143 Å². The van der Waals surface area contributed by atoms with Crippen molar-refractivity contribution in [3.8, 4) is 5.75 Å². The number of rotatable bonds is 9. The molecule has 0 aromatic heterocycles. The second kappa shape index (κ2) is 8.46. The molecule has 0 aliphatic heterocycles. The van der Waals surface area contributed by atoms with Gasteiger partial charge >= 0.3 is 5.97 Å². The van der Waals surface area contributed by atoms with Crippen LogP contribution < -0.4 is 15.2 Å². The van der Waals surface area contributed by atoms with Crippen molar-refractivity contribution < 1.29 is 23.1 Å². The van der Waals surface area contributed by atoms with Crippen LogP contribution >= 0.6 is 0 Å². The monoisotopic (exact) mass is 358 g/mol. The fourth-order valence-corrected chi connectivity index (χ4v) is 4.37. The standard InChI is InChI=1S/C16H26N2O5S/c1-10-9-14(23-4)11(2)12(3)15(10)24(21,22)18-13(16(19)20)7-5-6-8-17/h9,13,18H,5-8,17H2,1-4H3,(H,19,20)/t13-/m0/s1. The molecule has 0 radical (unpaired) electrons. The Morgan fingerprint density at radius 1 is 1.29 bits per heavy atom. The highest BCUT2D eigenvalue weighted by molar-refractivity contribution is 7.89. The average Bonchev–Trinajstić information content (AvgIpc) is 2.49. The van der Waals surface area contributed by atoms with Crippen LogP contribution in [0.4, 0.5) is 0 Å². The number of benzene rings is 1. The van der Waals surface area contributed by atoms with Crippen LogP contribution in [-0.2, 0) is 14.8 Å². The maximum absolute atomic E-state index is 12.7. The predicted molar refractivity (Wildman–Crippen MR) is 91.9 cm³/mol. The molecule has 24 heavy (non-hydrogen) atoms. The summed E-state index contributed by atoms with van der Waals surface area (Å²) in [5.41, 5.74) is 7.16. The fourth-order valence-electron chi connectivity index (χ4n) is 2.62. The lowest BCUT2D eigenvalue weighted by molar-refractivity contribution is -0.139. The molecule has 4 N–H and O–H groups in total. The minimum absolute atomic E-state index is 0.103. The van der Waals surface area contributed by atoms with Crippen molar-refractivity contribution >= 4 is 16.0 Å². The first kappa shape index (κ1) is 20.4. The number of carboxylic acids is 1. The fraction of sp³-hybridized carbons (Fsp3) is 0.562.